The molecule has 1 atom stereocenters. The number of hydrogen-bond donors (Lipinski definition) is 1. The average Bonchev–Trinajstić information content (AvgIpc) is 3.16. The molecule has 0 saturated carbocycles. The van der Waals surface area contributed by atoms with Crippen LogP contribution in [0.15, 0.2) is 48.5 Å². The number of benzene rings is 2. The molecule has 1 aliphatic rings. The summed E-state index contributed by atoms with van der Waals surface area (Å²) in [6, 6.07) is 14.3. The maximum absolute atomic E-state index is 12.7. The molecule has 2 N–H and O–H groups in total. The number of methoxy groups -OCH3 is 1. The minimum atomic E-state index is -0.528. The van der Waals surface area contributed by atoms with E-state index in [0.29, 0.717) is 17.9 Å². The Morgan fingerprint density at radius 3 is 2.69 bits per heavy atom. The highest BCUT2D eigenvalue weighted by atomic mass is 16.5. The van der Waals surface area contributed by atoms with Crippen LogP contribution in [0, 0.1) is 0 Å². The van der Waals surface area contributed by atoms with Gasteiger partial charge in [0.05, 0.1) is 13.2 Å². The van der Waals surface area contributed by atoms with Crippen molar-refractivity contribution in [3.8, 4) is 11.5 Å². The average molecular weight is 354 g/mol. The maximum atomic E-state index is 12.7. The summed E-state index contributed by atoms with van der Waals surface area (Å²) in [7, 11) is 1.63. The summed E-state index contributed by atoms with van der Waals surface area (Å²) < 4.78 is 10.9. The van der Waals surface area contributed by atoms with E-state index in [9.17, 15) is 9.59 Å². The van der Waals surface area contributed by atoms with E-state index in [1.54, 1.807) is 31.4 Å². The zero-order valence-electron chi connectivity index (χ0n) is 14.7. The molecule has 1 unspecified atom stereocenters. The Morgan fingerprint density at radius 2 is 1.92 bits per heavy atom. The lowest BCUT2D eigenvalue weighted by molar-refractivity contribution is -0.134. The van der Waals surface area contributed by atoms with Gasteiger partial charge < -0.3 is 20.1 Å². The number of hydrogen-bond acceptors (Lipinski definition) is 4. The molecule has 136 valence electrons. The molecule has 6 nitrogen and oxygen atoms in total. The van der Waals surface area contributed by atoms with E-state index in [2.05, 4.69) is 0 Å². The molecular formula is C20H22N2O4. The monoisotopic (exact) mass is 354 g/mol. The second-order valence-corrected chi connectivity index (χ2v) is 6.20. The molecule has 2 aromatic rings. The van der Waals surface area contributed by atoms with Crippen LogP contribution in [0.2, 0.25) is 0 Å². The fourth-order valence-corrected chi connectivity index (χ4v) is 3.23. The molecule has 0 aromatic heterocycles. The molecule has 3 rings (SSSR count). The predicted octanol–water partition coefficient (Wildman–Crippen LogP) is 2.54. The standard InChI is InChI=1S/C20H22N2O4/c1-25-16-7-2-5-14(11-16)18-9-4-10-22(18)19(23)13-26-17-8-3-6-15(12-17)20(21)24/h2-3,5-8,11-12,18H,4,9-10,13H2,1H3,(H2,21,24). The van der Waals surface area contributed by atoms with Gasteiger partial charge in [-0.3, -0.25) is 9.59 Å². The van der Waals surface area contributed by atoms with Crippen molar-refractivity contribution in [2.75, 3.05) is 20.3 Å². The predicted molar refractivity (Wildman–Crippen MR) is 97.1 cm³/mol. The summed E-state index contributed by atoms with van der Waals surface area (Å²) in [5.41, 5.74) is 6.68. The fourth-order valence-electron chi connectivity index (χ4n) is 3.23. The molecule has 26 heavy (non-hydrogen) atoms. The molecular weight excluding hydrogens is 332 g/mol. The largest absolute Gasteiger partial charge is 0.497 e. The van der Waals surface area contributed by atoms with Crippen molar-refractivity contribution >= 4 is 11.8 Å². The van der Waals surface area contributed by atoms with E-state index in [4.69, 9.17) is 15.2 Å². The number of carbonyl (C=O) groups is 2. The van der Waals surface area contributed by atoms with Crippen molar-refractivity contribution in [3.63, 3.8) is 0 Å². The molecule has 0 aliphatic carbocycles. The Hall–Kier alpha value is -3.02. The number of amides is 2. The van der Waals surface area contributed by atoms with Crippen molar-refractivity contribution in [3.05, 3.63) is 59.7 Å². The highest BCUT2D eigenvalue weighted by Gasteiger charge is 2.30. The molecule has 1 aliphatic heterocycles. The van der Waals surface area contributed by atoms with Crippen LogP contribution < -0.4 is 15.2 Å². The number of carbonyl (C=O) groups excluding carboxylic acids is 2. The Labute approximate surface area is 152 Å². The molecule has 1 heterocycles. The Bertz CT molecular complexity index is 806. The highest BCUT2D eigenvalue weighted by molar-refractivity contribution is 5.93. The van der Waals surface area contributed by atoms with Crippen molar-refractivity contribution in [1.82, 2.24) is 4.90 Å². The van der Waals surface area contributed by atoms with Gasteiger partial charge in [-0.15, -0.1) is 0 Å². The van der Waals surface area contributed by atoms with Crippen LogP contribution in [0.25, 0.3) is 0 Å². The van der Waals surface area contributed by atoms with Crippen molar-refractivity contribution in [1.29, 1.82) is 0 Å². The normalized spacial score (nSPS) is 16.3. The van der Waals surface area contributed by atoms with E-state index in [-0.39, 0.29) is 18.6 Å². The number of primary amides is 1. The van der Waals surface area contributed by atoms with Gasteiger partial charge in [0.1, 0.15) is 11.5 Å². The summed E-state index contributed by atoms with van der Waals surface area (Å²) in [6.07, 6.45) is 1.86. The van der Waals surface area contributed by atoms with Gasteiger partial charge in [-0.05, 0) is 48.7 Å². The molecule has 0 radical (unpaired) electrons. The fraction of sp³-hybridized carbons (Fsp3) is 0.300. The second kappa shape index (κ2) is 7.91. The SMILES string of the molecule is COc1cccc(C2CCCN2C(=O)COc2cccc(C(N)=O)c2)c1. The van der Waals surface area contributed by atoms with Crippen LogP contribution in [0.5, 0.6) is 11.5 Å². The number of likely N-dealkylation sites (tertiary alicyclic amines) is 1. The van der Waals surface area contributed by atoms with Crippen LogP contribution in [0.3, 0.4) is 0 Å². The number of ether oxygens (including phenoxy) is 2. The van der Waals surface area contributed by atoms with Gasteiger partial charge in [-0.2, -0.15) is 0 Å². The van der Waals surface area contributed by atoms with E-state index in [1.807, 2.05) is 29.2 Å². The zero-order chi connectivity index (χ0) is 18.5. The van der Waals surface area contributed by atoms with Crippen LogP contribution in [0.4, 0.5) is 0 Å². The van der Waals surface area contributed by atoms with E-state index >= 15 is 0 Å². The van der Waals surface area contributed by atoms with Gasteiger partial charge in [0.2, 0.25) is 5.91 Å². The first-order chi connectivity index (χ1) is 12.6. The minimum Gasteiger partial charge on any atom is -0.497 e. The summed E-state index contributed by atoms with van der Waals surface area (Å²) in [5.74, 6) is 0.618. The highest BCUT2D eigenvalue weighted by Crippen LogP contribution is 2.33. The maximum Gasteiger partial charge on any atom is 0.261 e. The topological polar surface area (TPSA) is 81.9 Å². The van der Waals surface area contributed by atoms with E-state index in [1.165, 1.54) is 0 Å². The van der Waals surface area contributed by atoms with Gasteiger partial charge in [-0.1, -0.05) is 18.2 Å². The number of nitrogens with zero attached hydrogens (tertiary/aromatic N) is 1. The second-order valence-electron chi connectivity index (χ2n) is 6.20. The van der Waals surface area contributed by atoms with Crippen molar-refractivity contribution in [2.24, 2.45) is 5.73 Å². The first-order valence-electron chi connectivity index (χ1n) is 8.54. The van der Waals surface area contributed by atoms with Crippen molar-refractivity contribution in [2.45, 2.75) is 18.9 Å². The Morgan fingerprint density at radius 1 is 1.15 bits per heavy atom. The lowest BCUT2D eigenvalue weighted by Gasteiger charge is -2.25. The number of rotatable bonds is 6. The van der Waals surface area contributed by atoms with Crippen LogP contribution in [-0.2, 0) is 4.79 Å². The summed E-state index contributed by atoms with van der Waals surface area (Å²) in [4.78, 5) is 25.7. The summed E-state index contributed by atoms with van der Waals surface area (Å²) in [5, 5.41) is 0. The molecule has 0 spiro atoms. The molecule has 2 amide bonds. The molecule has 1 fully saturated rings. The first kappa shape index (κ1) is 17.8. The van der Waals surface area contributed by atoms with Crippen LogP contribution in [-0.4, -0.2) is 37.0 Å². The Balaban J connectivity index is 1.67. The smallest absolute Gasteiger partial charge is 0.261 e. The quantitative estimate of drug-likeness (QED) is 0.864. The minimum absolute atomic E-state index is 0.0261. The molecule has 0 bridgehead atoms. The summed E-state index contributed by atoms with van der Waals surface area (Å²) in [6.45, 7) is 0.619. The number of nitrogens with two attached hydrogens (primary N) is 1. The van der Waals surface area contributed by atoms with Crippen LogP contribution in [0.1, 0.15) is 34.8 Å². The van der Waals surface area contributed by atoms with E-state index in [0.717, 1.165) is 24.2 Å². The third-order valence-electron chi connectivity index (χ3n) is 4.53. The lowest BCUT2D eigenvalue weighted by Crippen LogP contribution is -2.34. The van der Waals surface area contributed by atoms with E-state index < -0.39 is 5.91 Å². The van der Waals surface area contributed by atoms with Gasteiger partial charge >= 0.3 is 0 Å². The molecule has 2 aromatic carbocycles. The Kier molecular flexibility index (Phi) is 5.41. The van der Waals surface area contributed by atoms with Gasteiger partial charge in [-0.25, -0.2) is 0 Å². The third-order valence-corrected chi connectivity index (χ3v) is 4.53. The zero-order valence-corrected chi connectivity index (χ0v) is 14.7. The molecule has 6 heteroatoms. The van der Waals surface area contributed by atoms with Gasteiger partial charge in [0, 0.05) is 12.1 Å². The lowest BCUT2D eigenvalue weighted by atomic mass is 10.0. The van der Waals surface area contributed by atoms with Crippen LogP contribution >= 0.6 is 0 Å². The molecule has 1 saturated heterocycles. The summed E-state index contributed by atoms with van der Waals surface area (Å²) >= 11 is 0. The van der Waals surface area contributed by atoms with Crippen molar-refractivity contribution < 1.29 is 19.1 Å². The first-order valence-corrected chi connectivity index (χ1v) is 8.54. The van der Waals surface area contributed by atoms with Gasteiger partial charge in [0.15, 0.2) is 6.61 Å². The third kappa shape index (κ3) is 3.96. The van der Waals surface area contributed by atoms with Gasteiger partial charge in [0.25, 0.3) is 5.91 Å².